The van der Waals surface area contributed by atoms with Gasteiger partial charge in [0.1, 0.15) is 12.6 Å². The Kier molecular flexibility index (Phi) is 10.1. The fraction of sp³-hybridized carbons (Fsp3) is 0.462. The quantitative estimate of drug-likeness (QED) is 0.494. The molecule has 34 heavy (non-hydrogen) atoms. The highest BCUT2D eigenvalue weighted by molar-refractivity contribution is 7.92. The molecule has 0 bridgehead atoms. The molecule has 0 saturated carbocycles. The van der Waals surface area contributed by atoms with Crippen molar-refractivity contribution in [1.29, 1.82) is 0 Å². The SMILES string of the molecule is CCc1ccc(N(CC(=O)N(Cc2ccccc2)[C@@H](CC)C(=O)N[C@@H](C)CC)S(C)(=O)=O)cc1. The Labute approximate surface area is 204 Å². The number of carbonyl (C=O) groups excluding carboxylic acids is 2. The summed E-state index contributed by atoms with van der Waals surface area (Å²) in [5.74, 6) is -0.667. The summed E-state index contributed by atoms with van der Waals surface area (Å²) in [6, 6.07) is 15.8. The first-order chi connectivity index (χ1) is 16.1. The van der Waals surface area contributed by atoms with E-state index in [2.05, 4.69) is 5.32 Å². The molecule has 0 heterocycles. The summed E-state index contributed by atoms with van der Waals surface area (Å²) in [5.41, 5.74) is 2.36. The first-order valence-electron chi connectivity index (χ1n) is 11.8. The third kappa shape index (κ3) is 7.58. The Bertz CT molecular complexity index is 1040. The molecule has 0 aliphatic rings. The lowest BCUT2D eigenvalue weighted by Gasteiger charge is -2.33. The van der Waals surface area contributed by atoms with Gasteiger partial charge in [0, 0.05) is 12.6 Å². The van der Waals surface area contributed by atoms with E-state index in [0.29, 0.717) is 12.1 Å². The van der Waals surface area contributed by atoms with E-state index < -0.39 is 22.0 Å². The maximum absolute atomic E-state index is 13.6. The number of sulfonamides is 1. The molecule has 0 saturated heterocycles. The second-order valence-electron chi connectivity index (χ2n) is 8.54. The molecule has 2 aromatic carbocycles. The predicted molar refractivity (Wildman–Crippen MR) is 137 cm³/mol. The molecule has 0 spiro atoms. The Morgan fingerprint density at radius 3 is 2.03 bits per heavy atom. The number of rotatable bonds is 12. The highest BCUT2D eigenvalue weighted by atomic mass is 32.2. The van der Waals surface area contributed by atoms with Gasteiger partial charge < -0.3 is 10.2 Å². The summed E-state index contributed by atoms with van der Waals surface area (Å²) in [4.78, 5) is 28.2. The third-order valence-electron chi connectivity index (χ3n) is 5.89. The lowest BCUT2D eigenvalue weighted by atomic mass is 10.1. The minimum absolute atomic E-state index is 0.0279. The van der Waals surface area contributed by atoms with Gasteiger partial charge in [-0.15, -0.1) is 0 Å². The molecule has 2 amide bonds. The average molecular weight is 488 g/mol. The fourth-order valence-corrected chi connectivity index (χ4v) is 4.50. The molecule has 0 aromatic heterocycles. The van der Waals surface area contributed by atoms with Crippen LogP contribution in [0.4, 0.5) is 5.69 Å². The normalized spacial score (nSPS) is 13.1. The number of benzene rings is 2. The Balaban J connectivity index is 2.40. The molecule has 0 aliphatic heterocycles. The third-order valence-corrected chi connectivity index (χ3v) is 7.04. The number of amides is 2. The number of nitrogens with zero attached hydrogens (tertiary/aromatic N) is 2. The molecular weight excluding hydrogens is 450 g/mol. The molecule has 0 fully saturated rings. The van der Waals surface area contributed by atoms with Crippen LogP contribution in [-0.4, -0.2) is 50.0 Å². The largest absolute Gasteiger partial charge is 0.352 e. The Morgan fingerprint density at radius 1 is 0.912 bits per heavy atom. The zero-order valence-corrected chi connectivity index (χ0v) is 21.6. The number of hydrogen-bond acceptors (Lipinski definition) is 4. The summed E-state index contributed by atoms with van der Waals surface area (Å²) in [6.45, 7) is 7.59. The minimum Gasteiger partial charge on any atom is -0.352 e. The van der Waals surface area contributed by atoms with Crippen LogP contribution in [0.25, 0.3) is 0 Å². The number of hydrogen-bond donors (Lipinski definition) is 1. The van der Waals surface area contributed by atoms with Crippen molar-refractivity contribution in [2.45, 2.75) is 65.6 Å². The van der Waals surface area contributed by atoms with Gasteiger partial charge in [-0.25, -0.2) is 8.42 Å². The van der Waals surface area contributed by atoms with Crippen LogP contribution in [0.15, 0.2) is 54.6 Å². The molecule has 0 unspecified atom stereocenters. The first kappa shape index (κ1) is 27.4. The smallest absolute Gasteiger partial charge is 0.244 e. The summed E-state index contributed by atoms with van der Waals surface area (Å²) in [5, 5.41) is 2.96. The molecule has 186 valence electrons. The highest BCUT2D eigenvalue weighted by Gasteiger charge is 2.32. The maximum Gasteiger partial charge on any atom is 0.244 e. The van der Waals surface area contributed by atoms with Gasteiger partial charge in [0.05, 0.1) is 11.9 Å². The van der Waals surface area contributed by atoms with Crippen LogP contribution in [0.3, 0.4) is 0 Å². The van der Waals surface area contributed by atoms with Crippen molar-refractivity contribution in [3.8, 4) is 0 Å². The molecule has 1 N–H and O–H groups in total. The van der Waals surface area contributed by atoms with Crippen molar-refractivity contribution in [2.75, 3.05) is 17.1 Å². The molecule has 0 radical (unpaired) electrons. The molecule has 2 rings (SSSR count). The topological polar surface area (TPSA) is 86.8 Å². The van der Waals surface area contributed by atoms with Crippen LogP contribution in [0.1, 0.15) is 51.7 Å². The van der Waals surface area contributed by atoms with Crippen molar-refractivity contribution >= 4 is 27.5 Å². The molecule has 8 heteroatoms. The van der Waals surface area contributed by atoms with Gasteiger partial charge in [0.15, 0.2) is 0 Å². The van der Waals surface area contributed by atoms with Crippen LogP contribution in [0.2, 0.25) is 0 Å². The number of anilines is 1. The molecule has 0 aliphatic carbocycles. The van der Waals surface area contributed by atoms with Gasteiger partial charge in [-0.3, -0.25) is 13.9 Å². The zero-order valence-electron chi connectivity index (χ0n) is 20.8. The van der Waals surface area contributed by atoms with E-state index in [-0.39, 0.29) is 25.0 Å². The number of nitrogens with one attached hydrogen (secondary N) is 1. The summed E-state index contributed by atoms with van der Waals surface area (Å²) in [6.07, 6.45) is 3.09. The van der Waals surface area contributed by atoms with E-state index in [1.54, 1.807) is 12.1 Å². The van der Waals surface area contributed by atoms with E-state index in [1.807, 2.05) is 70.2 Å². The van der Waals surface area contributed by atoms with Gasteiger partial charge in [-0.2, -0.15) is 0 Å². The average Bonchev–Trinajstić information content (AvgIpc) is 2.82. The zero-order chi connectivity index (χ0) is 25.3. The number of aryl methyl sites for hydroxylation is 1. The van der Waals surface area contributed by atoms with E-state index in [4.69, 9.17) is 0 Å². The van der Waals surface area contributed by atoms with Gasteiger partial charge in [-0.05, 0) is 49.4 Å². The second kappa shape index (κ2) is 12.6. The summed E-state index contributed by atoms with van der Waals surface area (Å²) >= 11 is 0. The summed E-state index contributed by atoms with van der Waals surface area (Å²) < 4.78 is 26.4. The lowest BCUT2D eigenvalue weighted by molar-refractivity contribution is -0.140. The molecule has 2 aromatic rings. The van der Waals surface area contributed by atoms with E-state index in [9.17, 15) is 18.0 Å². The minimum atomic E-state index is -3.73. The fourth-order valence-electron chi connectivity index (χ4n) is 3.65. The van der Waals surface area contributed by atoms with Crippen LogP contribution in [0.5, 0.6) is 0 Å². The monoisotopic (exact) mass is 487 g/mol. The molecule has 2 atom stereocenters. The highest BCUT2D eigenvalue weighted by Crippen LogP contribution is 2.20. The first-order valence-corrected chi connectivity index (χ1v) is 13.7. The van der Waals surface area contributed by atoms with Crippen LogP contribution in [-0.2, 0) is 32.6 Å². The van der Waals surface area contributed by atoms with E-state index >= 15 is 0 Å². The maximum atomic E-state index is 13.6. The van der Waals surface area contributed by atoms with Gasteiger partial charge >= 0.3 is 0 Å². The van der Waals surface area contributed by atoms with Crippen LogP contribution in [0, 0.1) is 0 Å². The van der Waals surface area contributed by atoms with Crippen LogP contribution >= 0.6 is 0 Å². The van der Waals surface area contributed by atoms with Gasteiger partial charge in [-0.1, -0.05) is 63.2 Å². The second-order valence-corrected chi connectivity index (χ2v) is 10.4. The van der Waals surface area contributed by atoms with Gasteiger partial charge in [0.2, 0.25) is 21.8 Å². The number of carbonyl (C=O) groups is 2. The summed E-state index contributed by atoms with van der Waals surface area (Å²) in [7, 11) is -3.73. The van der Waals surface area contributed by atoms with Crippen molar-refractivity contribution in [2.24, 2.45) is 0 Å². The van der Waals surface area contributed by atoms with Crippen molar-refractivity contribution in [3.63, 3.8) is 0 Å². The standard InChI is InChI=1S/C26H37N3O4S/c1-6-20(4)27-26(31)24(8-3)28(18-22-12-10-9-11-13-22)25(30)19-29(34(5,32)33)23-16-14-21(7-2)15-17-23/h9-17,20,24H,6-8,18-19H2,1-5H3,(H,27,31)/t20-,24-/m0/s1. The lowest BCUT2D eigenvalue weighted by Crippen LogP contribution is -2.53. The van der Waals surface area contributed by atoms with E-state index in [0.717, 1.165) is 34.5 Å². The van der Waals surface area contributed by atoms with Crippen molar-refractivity contribution in [1.82, 2.24) is 10.2 Å². The van der Waals surface area contributed by atoms with E-state index in [1.165, 1.54) is 4.90 Å². The Morgan fingerprint density at radius 2 is 1.53 bits per heavy atom. The van der Waals surface area contributed by atoms with Gasteiger partial charge in [0.25, 0.3) is 0 Å². The molecular formula is C26H37N3O4S. The van der Waals surface area contributed by atoms with Crippen molar-refractivity contribution in [3.05, 3.63) is 65.7 Å². The predicted octanol–water partition coefficient (Wildman–Crippen LogP) is 3.74. The van der Waals surface area contributed by atoms with Crippen molar-refractivity contribution < 1.29 is 18.0 Å². The molecule has 7 nitrogen and oxygen atoms in total. The van der Waals surface area contributed by atoms with Crippen LogP contribution < -0.4 is 9.62 Å². The Hall–Kier alpha value is -2.87.